The van der Waals surface area contributed by atoms with Crippen molar-refractivity contribution < 1.29 is 24.1 Å². The highest BCUT2D eigenvalue weighted by atomic mass is 79.9. The molecule has 5 rings (SSSR count). The summed E-state index contributed by atoms with van der Waals surface area (Å²) < 4.78 is 18.6. The average molecular weight is 664 g/mol. The summed E-state index contributed by atoms with van der Waals surface area (Å²) in [5, 5.41) is 9.05. The number of hydrogen-bond donors (Lipinski definition) is 3. The first-order chi connectivity index (χ1) is 21.6. The van der Waals surface area contributed by atoms with Gasteiger partial charge in [0.25, 0.3) is 5.91 Å². The number of carbonyl (C=O) groups excluding carboxylic acids is 1. The Morgan fingerprint density at radius 1 is 1.07 bits per heavy atom. The molecule has 0 bridgehead atoms. The number of nitrogens with one attached hydrogen (secondary N) is 2. The molecular formula is C34H39BrN4O5. The van der Waals surface area contributed by atoms with Gasteiger partial charge in [0.2, 0.25) is 5.90 Å². The number of aliphatic hydroxyl groups excluding tert-OH is 1. The number of carbonyl (C=O) groups is 1. The number of ether oxygens (including phenoxy) is 3. The molecule has 2 atom stereocenters. The van der Waals surface area contributed by atoms with E-state index in [0.717, 1.165) is 54.0 Å². The van der Waals surface area contributed by atoms with Crippen LogP contribution in [0.25, 0.3) is 6.08 Å². The number of halogens is 1. The normalized spacial score (nSPS) is 20.3. The van der Waals surface area contributed by atoms with E-state index in [1.807, 2.05) is 91.0 Å². The first-order valence-electron chi connectivity index (χ1n) is 15.0. The maximum atomic E-state index is 14.2. The maximum absolute atomic E-state index is 14.2. The lowest BCUT2D eigenvalue weighted by Crippen LogP contribution is -2.53. The van der Waals surface area contributed by atoms with Gasteiger partial charge in [-0.2, -0.15) is 0 Å². The first-order valence-corrected chi connectivity index (χ1v) is 15.8. The lowest BCUT2D eigenvalue weighted by atomic mass is 9.84. The number of hydrazine groups is 1. The summed E-state index contributed by atoms with van der Waals surface area (Å²) in [4.78, 5) is 21.6. The highest BCUT2D eigenvalue weighted by Crippen LogP contribution is 2.43. The molecule has 1 amide bonds. The number of rotatable bonds is 14. The van der Waals surface area contributed by atoms with Crippen molar-refractivity contribution in [3.8, 4) is 5.75 Å². The van der Waals surface area contributed by atoms with E-state index in [4.69, 9.17) is 24.3 Å². The number of benzene rings is 3. The van der Waals surface area contributed by atoms with Gasteiger partial charge in [-0.15, -0.1) is 0 Å². The van der Waals surface area contributed by atoms with E-state index < -0.39 is 11.6 Å². The van der Waals surface area contributed by atoms with Crippen LogP contribution in [0.2, 0.25) is 0 Å². The number of nitrogens with zero attached hydrogens (tertiary/aromatic N) is 2. The SMILES string of the molecule is O=C(NNCCN1CCOCC1)[C@@]1(C/C=C/c2ccccc2)N=C(c2ccc(OCCCO)cc2)O[C@H]1c1ccc(Br)cc1. The molecule has 9 nitrogen and oxygen atoms in total. The van der Waals surface area contributed by atoms with Crippen molar-refractivity contribution in [2.45, 2.75) is 24.5 Å². The molecule has 10 heteroatoms. The molecule has 2 heterocycles. The van der Waals surface area contributed by atoms with Gasteiger partial charge in [-0.05, 0) is 47.5 Å². The van der Waals surface area contributed by atoms with Crippen LogP contribution in [0, 0.1) is 0 Å². The molecule has 0 aromatic heterocycles. The third kappa shape index (κ3) is 8.34. The fraction of sp³-hybridized carbons (Fsp3) is 0.353. The lowest BCUT2D eigenvalue weighted by Gasteiger charge is -2.30. The molecule has 0 unspecified atom stereocenters. The van der Waals surface area contributed by atoms with Crippen molar-refractivity contribution in [3.05, 3.63) is 106 Å². The van der Waals surface area contributed by atoms with Crippen LogP contribution in [0.3, 0.4) is 0 Å². The monoisotopic (exact) mass is 662 g/mol. The standard InChI is InChI=1S/C34H39BrN4O5/c35-29-13-9-27(10-14-29)31-34(17-4-8-26-6-2-1-3-7-26,33(41)38-36-18-19-39-20-24-42-25-21-39)37-32(44-31)28-11-15-30(16-12-28)43-23-5-22-40/h1-4,6-16,31,36,40H,5,17-25H2,(H,38,41)/b8-4+/t31-,34-/m0/s1. The van der Waals surface area contributed by atoms with Crippen LogP contribution in [0.1, 0.15) is 35.6 Å². The molecule has 3 N–H and O–H groups in total. The van der Waals surface area contributed by atoms with Crippen LogP contribution in [0.15, 0.2) is 94.4 Å². The molecule has 2 aliphatic rings. The van der Waals surface area contributed by atoms with E-state index in [2.05, 4.69) is 31.7 Å². The Labute approximate surface area is 267 Å². The molecule has 1 saturated heterocycles. The third-order valence-corrected chi connectivity index (χ3v) is 8.13. The summed E-state index contributed by atoms with van der Waals surface area (Å²) in [6.07, 6.45) is 4.19. The van der Waals surface area contributed by atoms with Crippen molar-refractivity contribution in [1.82, 2.24) is 15.8 Å². The highest BCUT2D eigenvalue weighted by molar-refractivity contribution is 9.10. The Balaban J connectivity index is 1.43. The average Bonchev–Trinajstić information content (AvgIpc) is 3.45. The Kier molecular flexibility index (Phi) is 11.6. The van der Waals surface area contributed by atoms with Gasteiger partial charge in [-0.1, -0.05) is 70.5 Å². The van der Waals surface area contributed by atoms with Gasteiger partial charge in [-0.25, -0.2) is 10.4 Å². The number of hydrogen-bond acceptors (Lipinski definition) is 8. The fourth-order valence-corrected chi connectivity index (χ4v) is 5.45. The number of morpholine rings is 1. The Hall–Kier alpha value is -3.54. The molecule has 2 aliphatic heterocycles. The zero-order chi connectivity index (χ0) is 30.6. The molecular weight excluding hydrogens is 624 g/mol. The molecule has 232 valence electrons. The Morgan fingerprint density at radius 2 is 1.82 bits per heavy atom. The number of aliphatic hydroxyl groups is 1. The maximum Gasteiger partial charge on any atom is 0.266 e. The summed E-state index contributed by atoms with van der Waals surface area (Å²) in [6.45, 7) is 5.08. The largest absolute Gasteiger partial charge is 0.494 e. The van der Waals surface area contributed by atoms with Crippen LogP contribution in [-0.4, -0.2) is 80.0 Å². The summed E-state index contributed by atoms with van der Waals surface area (Å²) >= 11 is 3.52. The number of aliphatic imine (C=N–C) groups is 1. The van der Waals surface area contributed by atoms with Crippen LogP contribution in [-0.2, 0) is 14.3 Å². The molecule has 3 aromatic carbocycles. The second-order valence-electron chi connectivity index (χ2n) is 10.7. The lowest BCUT2D eigenvalue weighted by molar-refractivity contribution is -0.129. The second-order valence-corrected chi connectivity index (χ2v) is 11.6. The molecule has 3 aromatic rings. The van der Waals surface area contributed by atoms with E-state index in [1.54, 1.807) is 0 Å². The Bertz CT molecular complexity index is 1400. The summed E-state index contributed by atoms with van der Waals surface area (Å²) in [5.41, 5.74) is 7.43. The van der Waals surface area contributed by atoms with E-state index in [1.165, 1.54) is 0 Å². The van der Waals surface area contributed by atoms with Gasteiger partial charge in [0, 0.05) is 55.7 Å². The third-order valence-electron chi connectivity index (χ3n) is 7.60. The fourth-order valence-electron chi connectivity index (χ4n) is 5.18. The topological polar surface area (TPSA) is 105 Å². The van der Waals surface area contributed by atoms with Crippen LogP contribution in [0.4, 0.5) is 0 Å². The van der Waals surface area contributed by atoms with Crippen molar-refractivity contribution in [1.29, 1.82) is 0 Å². The van der Waals surface area contributed by atoms with E-state index in [9.17, 15) is 4.79 Å². The minimum Gasteiger partial charge on any atom is -0.494 e. The molecule has 0 saturated carbocycles. The van der Waals surface area contributed by atoms with Gasteiger partial charge in [0.05, 0.1) is 19.8 Å². The first kappa shape index (κ1) is 31.9. The molecule has 0 aliphatic carbocycles. The van der Waals surface area contributed by atoms with Crippen LogP contribution < -0.4 is 15.6 Å². The molecule has 1 fully saturated rings. The molecule has 44 heavy (non-hydrogen) atoms. The van der Waals surface area contributed by atoms with Crippen molar-refractivity contribution >= 4 is 33.8 Å². The zero-order valence-electron chi connectivity index (χ0n) is 24.7. The predicted molar refractivity (Wildman–Crippen MR) is 174 cm³/mol. The quantitative estimate of drug-likeness (QED) is 0.172. The molecule has 0 spiro atoms. The van der Waals surface area contributed by atoms with E-state index in [-0.39, 0.29) is 12.5 Å². The smallest absolute Gasteiger partial charge is 0.266 e. The minimum absolute atomic E-state index is 0.0745. The predicted octanol–water partition coefficient (Wildman–Crippen LogP) is 4.52. The summed E-state index contributed by atoms with van der Waals surface area (Å²) in [5.74, 6) is 0.796. The van der Waals surface area contributed by atoms with Crippen molar-refractivity contribution in [2.24, 2.45) is 4.99 Å². The Morgan fingerprint density at radius 3 is 2.55 bits per heavy atom. The minimum atomic E-state index is -1.28. The number of amides is 1. The van der Waals surface area contributed by atoms with Gasteiger partial charge in [0.1, 0.15) is 5.75 Å². The summed E-state index contributed by atoms with van der Waals surface area (Å²) in [6, 6.07) is 25.2. The zero-order valence-corrected chi connectivity index (χ0v) is 26.2. The highest BCUT2D eigenvalue weighted by Gasteiger charge is 2.52. The van der Waals surface area contributed by atoms with Crippen LogP contribution >= 0.6 is 15.9 Å². The second kappa shape index (κ2) is 16.0. The van der Waals surface area contributed by atoms with Crippen molar-refractivity contribution in [3.63, 3.8) is 0 Å². The van der Waals surface area contributed by atoms with Gasteiger partial charge in [0.15, 0.2) is 11.6 Å². The van der Waals surface area contributed by atoms with Gasteiger partial charge < -0.3 is 19.3 Å². The van der Waals surface area contributed by atoms with Crippen LogP contribution in [0.5, 0.6) is 5.75 Å². The summed E-state index contributed by atoms with van der Waals surface area (Å²) in [7, 11) is 0. The molecule has 0 radical (unpaired) electrons. The van der Waals surface area contributed by atoms with E-state index in [0.29, 0.717) is 37.6 Å². The van der Waals surface area contributed by atoms with Crippen molar-refractivity contribution in [2.75, 3.05) is 52.6 Å². The van der Waals surface area contributed by atoms with E-state index >= 15 is 0 Å². The van der Waals surface area contributed by atoms with Gasteiger partial charge in [-0.3, -0.25) is 15.1 Å². The van der Waals surface area contributed by atoms with Gasteiger partial charge >= 0.3 is 0 Å².